The summed E-state index contributed by atoms with van der Waals surface area (Å²) in [6.45, 7) is 5.23. The first-order chi connectivity index (χ1) is 14.2. The van der Waals surface area contributed by atoms with Gasteiger partial charge in [0.05, 0.1) is 26.5 Å². The maximum atomic E-state index is 12.0. The molecule has 0 bridgehead atoms. The summed E-state index contributed by atoms with van der Waals surface area (Å²) in [6.07, 6.45) is 0.343. The third-order valence-corrected chi connectivity index (χ3v) is 4.99. The van der Waals surface area contributed by atoms with Crippen LogP contribution in [0.15, 0.2) is 48.5 Å². The summed E-state index contributed by atoms with van der Waals surface area (Å²) < 4.78 is 15.8. The second-order valence-corrected chi connectivity index (χ2v) is 6.84. The van der Waals surface area contributed by atoms with E-state index in [-0.39, 0.29) is 0 Å². The van der Waals surface area contributed by atoms with Crippen LogP contribution in [0.3, 0.4) is 0 Å². The molecule has 2 aromatic carbocycles. The zero-order valence-electron chi connectivity index (χ0n) is 17.1. The number of piperazine rings is 1. The van der Waals surface area contributed by atoms with Gasteiger partial charge >= 0.3 is 6.09 Å². The highest BCUT2D eigenvalue weighted by atomic mass is 16.5. The summed E-state index contributed by atoms with van der Waals surface area (Å²) in [5, 5.41) is 2.72. The van der Waals surface area contributed by atoms with E-state index in [1.807, 2.05) is 24.3 Å². The summed E-state index contributed by atoms with van der Waals surface area (Å²) >= 11 is 0. The van der Waals surface area contributed by atoms with Crippen LogP contribution < -0.4 is 19.7 Å². The molecule has 1 heterocycles. The average Bonchev–Trinajstić information content (AvgIpc) is 2.77. The largest absolute Gasteiger partial charge is 0.497 e. The minimum absolute atomic E-state index is 0.386. The molecule has 0 radical (unpaired) electrons. The number of hydrogen-bond acceptors (Lipinski definition) is 6. The van der Waals surface area contributed by atoms with E-state index in [2.05, 4.69) is 27.2 Å². The molecule has 1 amide bonds. The summed E-state index contributed by atoms with van der Waals surface area (Å²) in [5.74, 6) is 1.49. The van der Waals surface area contributed by atoms with Gasteiger partial charge in [0, 0.05) is 44.5 Å². The quantitative estimate of drug-likeness (QED) is 0.686. The Hall–Kier alpha value is -2.93. The van der Waals surface area contributed by atoms with Gasteiger partial charge in [0.15, 0.2) is 0 Å². The lowest BCUT2D eigenvalue weighted by atomic mass is 10.2. The Morgan fingerprint density at radius 1 is 1.00 bits per heavy atom. The molecule has 7 nitrogen and oxygen atoms in total. The van der Waals surface area contributed by atoms with E-state index in [4.69, 9.17) is 14.2 Å². The maximum absolute atomic E-state index is 12.0. The number of rotatable bonds is 8. The molecule has 0 spiro atoms. The number of carbonyl (C=O) groups excluding carboxylic acids is 1. The van der Waals surface area contributed by atoms with E-state index < -0.39 is 6.09 Å². The van der Waals surface area contributed by atoms with Crippen LogP contribution in [0.2, 0.25) is 0 Å². The first kappa shape index (κ1) is 20.8. The van der Waals surface area contributed by atoms with Crippen molar-refractivity contribution >= 4 is 17.5 Å². The maximum Gasteiger partial charge on any atom is 0.411 e. The zero-order valence-corrected chi connectivity index (χ0v) is 17.1. The molecule has 156 valence electrons. The molecule has 1 aliphatic rings. The third kappa shape index (κ3) is 6.02. The lowest BCUT2D eigenvalue weighted by Crippen LogP contribution is -2.46. The van der Waals surface area contributed by atoms with Gasteiger partial charge in [-0.2, -0.15) is 0 Å². The number of nitrogens with one attached hydrogen (secondary N) is 1. The summed E-state index contributed by atoms with van der Waals surface area (Å²) in [4.78, 5) is 16.7. The van der Waals surface area contributed by atoms with Crippen LogP contribution in [0.25, 0.3) is 0 Å². The van der Waals surface area contributed by atoms with E-state index >= 15 is 0 Å². The van der Waals surface area contributed by atoms with Crippen molar-refractivity contribution in [2.45, 2.75) is 6.42 Å². The van der Waals surface area contributed by atoms with Gasteiger partial charge in [-0.05, 0) is 30.7 Å². The number of anilines is 2. The van der Waals surface area contributed by atoms with Gasteiger partial charge in [-0.15, -0.1) is 0 Å². The minimum atomic E-state index is -0.461. The van der Waals surface area contributed by atoms with Crippen LogP contribution in [0.1, 0.15) is 6.42 Å². The Balaban J connectivity index is 1.34. The Labute approximate surface area is 172 Å². The van der Waals surface area contributed by atoms with Crippen molar-refractivity contribution < 1.29 is 19.0 Å². The van der Waals surface area contributed by atoms with E-state index in [1.54, 1.807) is 26.4 Å². The highest BCUT2D eigenvalue weighted by molar-refractivity contribution is 5.86. The Morgan fingerprint density at radius 2 is 1.79 bits per heavy atom. The number of amides is 1. The second-order valence-electron chi connectivity index (χ2n) is 6.84. The predicted octanol–water partition coefficient (Wildman–Crippen LogP) is 3.46. The molecule has 0 aromatic heterocycles. The molecular weight excluding hydrogens is 370 g/mol. The molecule has 7 heteroatoms. The molecule has 0 unspecified atom stereocenters. The lowest BCUT2D eigenvalue weighted by Gasteiger charge is -2.36. The molecule has 3 rings (SSSR count). The monoisotopic (exact) mass is 399 g/mol. The highest BCUT2D eigenvalue weighted by Gasteiger charge is 2.17. The van der Waals surface area contributed by atoms with Gasteiger partial charge < -0.3 is 19.1 Å². The van der Waals surface area contributed by atoms with Crippen molar-refractivity contribution in [1.29, 1.82) is 0 Å². The van der Waals surface area contributed by atoms with Gasteiger partial charge in [-0.25, -0.2) is 4.79 Å². The molecule has 1 fully saturated rings. The van der Waals surface area contributed by atoms with Crippen LogP contribution in [-0.4, -0.2) is 64.5 Å². The predicted molar refractivity (Wildman–Crippen MR) is 114 cm³/mol. The fourth-order valence-corrected chi connectivity index (χ4v) is 3.38. The molecular formula is C22H29N3O4. The molecule has 1 aliphatic heterocycles. The molecule has 1 saturated heterocycles. The number of methoxy groups -OCH3 is 2. The Bertz CT molecular complexity index is 791. The lowest BCUT2D eigenvalue weighted by molar-refractivity contribution is 0.151. The van der Waals surface area contributed by atoms with Gasteiger partial charge in [0.2, 0.25) is 0 Å². The third-order valence-electron chi connectivity index (χ3n) is 4.99. The molecule has 2 aromatic rings. The standard InChI is InChI=1S/C22H29N3O4/c1-27-19-8-5-7-18(17-19)25-14-12-24(13-15-25)11-6-16-29-22(26)23-20-9-3-4-10-21(20)28-2/h3-5,7-10,17H,6,11-16H2,1-2H3,(H,23,26). The van der Waals surface area contributed by atoms with E-state index in [0.29, 0.717) is 18.0 Å². The van der Waals surface area contributed by atoms with Crippen molar-refractivity contribution in [3.05, 3.63) is 48.5 Å². The van der Waals surface area contributed by atoms with Crippen molar-refractivity contribution in [3.8, 4) is 11.5 Å². The average molecular weight is 399 g/mol. The van der Waals surface area contributed by atoms with Crippen LogP contribution >= 0.6 is 0 Å². The van der Waals surface area contributed by atoms with Crippen molar-refractivity contribution in [2.24, 2.45) is 0 Å². The molecule has 1 N–H and O–H groups in total. The van der Waals surface area contributed by atoms with Gasteiger partial charge in [0.25, 0.3) is 0 Å². The first-order valence-corrected chi connectivity index (χ1v) is 9.88. The van der Waals surface area contributed by atoms with Crippen LogP contribution in [0, 0.1) is 0 Å². The Morgan fingerprint density at radius 3 is 2.55 bits per heavy atom. The van der Waals surface area contributed by atoms with Gasteiger partial charge in [-0.3, -0.25) is 10.2 Å². The Kier molecular flexibility index (Phi) is 7.58. The number of carbonyl (C=O) groups is 1. The van der Waals surface area contributed by atoms with Crippen LogP contribution in [0.5, 0.6) is 11.5 Å². The van der Waals surface area contributed by atoms with Crippen molar-refractivity contribution in [2.75, 3.05) is 63.8 Å². The number of para-hydroxylation sites is 2. The van der Waals surface area contributed by atoms with E-state index in [9.17, 15) is 4.79 Å². The van der Waals surface area contributed by atoms with Crippen molar-refractivity contribution in [1.82, 2.24) is 4.90 Å². The fraction of sp³-hybridized carbons (Fsp3) is 0.409. The second kappa shape index (κ2) is 10.6. The van der Waals surface area contributed by atoms with E-state index in [1.165, 1.54) is 5.69 Å². The summed E-state index contributed by atoms with van der Waals surface area (Å²) in [5.41, 5.74) is 1.80. The molecule has 0 atom stereocenters. The van der Waals surface area contributed by atoms with Gasteiger partial charge in [0.1, 0.15) is 11.5 Å². The number of nitrogens with zero attached hydrogens (tertiary/aromatic N) is 2. The molecule has 29 heavy (non-hydrogen) atoms. The van der Waals surface area contributed by atoms with E-state index in [0.717, 1.165) is 44.9 Å². The topological polar surface area (TPSA) is 63.3 Å². The summed E-state index contributed by atoms with van der Waals surface area (Å²) in [7, 11) is 3.26. The fourth-order valence-electron chi connectivity index (χ4n) is 3.38. The number of ether oxygens (including phenoxy) is 3. The number of hydrogen-bond donors (Lipinski definition) is 1. The summed E-state index contributed by atoms with van der Waals surface area (Å²) in [6, 6.07) is 15.4. The minimum Gasteiger partial charge on any atom is -0.497 e. The van der Waals surface area contributed by atoms with Crippen LogP contribution in [-0.2, 0) is 4.74 Å². The highest BCUT2D eigenvalue weighted by Crippen LogP contribution is 2.23. The number of benzene rings is 2. The first-order valence-electron chi connectivity index (χ1n) is 9.88. The SMILES string of the molecule is COc1cccc(N2CCN(CCCOC(=O)Nc3ccccc3OC)CC2)c1. The zero-order chi connectivity index (χ0) is 20.5. The van der Waals surface area contributed by atoms with Crippen LogP contribution in [0.4, 0.5) is 16.2 Å². The van der Waals surface area contributed by atoms with Gasteiger partial charge in [-0.1, -0.05) is 18.2 Å². The molecule has 0 saturated carbocycles. The van der Waals surface area contributed by atoms with Crippen molar-refractivity contribution in [3.63, 3.8) is 0 Å². The molecule has 0 aliphatic carbocycles. The normalized spacial score (nSPS) is 14.3. The smallest absolute Gasteiger partial charge is 0.411 e.